The number of carboxylic acids is 1. The summed E-state index contributed by atoms with van der Waals surface area (Å²) in [5, 5.41) is 11.9. The van der Waals surface area contributed by atoms with E-state index in [9.17, 15) is 9.59 Å². The summed E-state index contributed by atoms with van der Waals surface area (Å²) in [4.78, 5) is 24.7. The predicted molar refractivity (Wildman–Crippen MR) is 77.1 cm³/mol. The Morgan fingerprint density at radius 1 is 1.43 bits per heavy atom. The maximum absolute atomic E-state index is 12.0. The van der Waals surface area contributed by atoms with Gasteiger partial charge in [0.05, 0.1) is 13.7 Å². The zero-order valence-electron chi connectivity index (χ0n) is 12.0. The summed E-state index contributed by atoms with van der Waals surface area (Å²) < 4.78 is 5.22. The Kier molecular flexibility index (Phi) is 5.16. The first-order valence-electron chi connectivity index (χ1n) is 6.97. The van der Waals surface area contributed by atoms with Crippen LogP contribution >= 0.6 is 0 Å². The largest absolute Gasteiger partial charge is 0.496 e. The molecule has 1 aliphatic heterocycles. The van der Waals surface area contributed by atoms with E-state index in [-0.39, 0.29) is 12.5 Å². The Morgan fingerprint density at radius 3 is 2.90 bits per heavy atom. The van der Waals surface area contributed by atoms with Crippen LogP contribution in [0.2, 0.25) is 0 Å². The van der Waals surface area contributed by atoms with Crippen LogP contribution < -0.4 is 10.1 Å². The van der Waals surface area contributed by atoms with E-state index in [0.717, 1.165) is 17.7 Å². The summed E-state index contributed by atoms with van der Waals surface area (Å²) in [6.45, 7) is 1.14. The van der Waals surface area contributed by atoms with Crippen molar-refractivity contribution in [2.45, 2.75) is 25.4 Å². The van der Waals surface area contributed by atoms with Crippen molar-refractivity contribution >= 4 is 11.9 Å². The molecule has 2 rings (SSSR count). The lowest BCUT2D eigenvalue weighted by Gasteiger charge is -2.20. The van der Waals surface area contributed by atoms with E-state index in [1.807, 2.05) is 24.3 Å². The summed E-state index contributed by atoms with van der Waals surface area (Å²) in [7, 11) is 1.59. The van der Waals surface area contributed by atoms with Crippen LogP contribution in [0.1, 0.15) is 18.4 Å². The number of nitrogens with zero attached hydrogens (tertiary/aromatic N) is 1. The number of carbonyl (C=O) groups is 2. The van der Waals surface area contributed by atoms with E-state index in [2.05, 4.69) is 5.32 Å². The number of ether oxygens (including phenoxy) is 1. The minimum absolute atomic E-state index is 0.117. The first kappa shape index (κ1) is 15.3. The summed E-state index contributed by atoms with van der Waals surface area (Å²) in [6, 6.07) is 6.93. The van der Waals surface area contributed by atoms with E-state index < -0.39 is 12.0 Å². The molecular weight excluding hydrogens is 272 g/mol. The number of likely N-dealkylation sites (tertiary alicyclic amines) is 1. The Morgan fingerprint density at radius 2 is 2.19 bits per heavy atom. The first-order chi connectivity index (χ1) is 10.1. The second-order valence-corrected chi connectivity index (χ2v) is 5.06. The second-order valence-electron chi connectivity index (χ2n) is 5.06. The summed E-state index contributed by atoms with van der Waals surface area (Å²) in [5.74, 6) is -0.304. The van der Waals surface area contributed by atoms with Gasteiger partial charge in [0.15, 0.2) is 0 Å². The quantitative estimate of drug-likeness (QED) is 0.813. The van der Waals surface area contributed by atoms with Crippen molar-refractivity contribution < 1.29 is 19.4 Å². The van der Waals surface area contributed by atoms with Crippen LogP contribution in [0.15, 0.2) is 24.3 Å². The average Bonchev–Trinajstić information content (AvgIpc) is 2.93. The number of aliphatic carboxylic acids is 1. The van der Waals surface area contributed by atoms with Crippen LogP contribution in [0.25, 0.3) is 0 Å². The van der Waals surface area contributed by atoms with Crippen molar-refractivity contribution in [1.29, 1.82) is 0 Å². The molecule has 114 valence electrons. The molecule has 1 fully saturated rings. The molecular formula is C15H20N2O4. The molecule has 1 aliphatic rings. The van der Waals surface area contributed by atoms with Crippen molar-refractivity contribution in [2.75, 3.05) is 20.2 Å². The molecule has 0 radical (unpaired) electrons. The number of para-hydroxylation sites is 1. The SMILES string of the molecule is COc1ccccc1CNC(=O)CN1CCC[C@H]1C(=O)O. The number of carbonyl (C=O) groups excluding carboxylic acids is 1. The number of nitrogens with one attached hydrogen (secondary N) is 1. The molecule has 6 nitrogen and oxygen atoms in total. The standard InChI is InChI=1S/C15H20N2O4/c1-21-13-7-3-2-5-11(13)9-16-14(18)10-17-8-4-6-12(17)15(19)20/h2-3,5,7,12H,4,6,8-10H2,1H3,(H,16,18)(H,19,20)/t12-/m0/s1. The van der Waals surface area contributed by atoms with E-state index in [1.54, 1.807) is 12.0 Å². The molecule has 0 saturated carbocycles. The summed E-state index contributed by atoms with van der Waals surface area (Å²) in [6.07, 6.45) is 1.42. The fraction of sp³-hybridized carbons (Fsp3) is 0.467. The first-order valence-corrected chi connectivity index (χ1v) is 6.97. The molecule has 6 heteroatoms. The molecule has 1 saturated heterocycles. The summed E-state index contributed by atoms with van der Waals surface area (Å²) in [5.41, 5.74) is 0.893. The van der Waals surface area contributed by atoms with Gasteiger partial charge in [-0.15, -0.1) is 0 Å². The van der Waals surface area contributed by atoms with Gasteiger partial charge >= 0.3 is 5.97 Å². The molecule has 21 heavy (non-hydrogen) atoms. The fourth-order valence-electron chi connectivity index (χ4n) is 2.58. The maximum Gasteiger partial charge on any atom is 0.320 e. The van der Waals surface area contributed by atoms with E-state index >= 15 is 0 Å². The van der Waals surface area contributed by atoms with Gasteiger partial charge in [0, 0.05) is 12.1 Å². The van der Waals surface area contributed by atoms with Gasteiger partial charge in [-0.3, -0.25) is 14.5 Å². The fourth-order valence-corrected chi connectivity index (χ4v) is 2.58. The zero-order valence-corrected chi connectivity index (χ0v) is 12.0. The predicted octanol–water partition coefficient (Wildman–Crippen LogP) is 0.860. The minimum Gasteiger partial charge on any atom is -0.496 e. The molecule has 2 N–H and O–H groups in total. The van der Waals surface area contributed by atoms with E-state index in [0.29, 0.717) is 19.5 Å². The third-order valence-electron chi connectivity index (χ3n) is 3.66. The Hall–Kier alpha value is -2.08. The minimum atomic E-state index is -0.856. The van der Waals surface area contributed by atoms with Crippen LogP contribution in [-0.4, -0.2) is 48.1 Å². The van der Waals surface area contributed by atoms with Gasteiger partial charge in [0.1, 0.15) is 11.8 Å². The van der Waals surface area contributed by atoms with Crippen LogP contribution in [0.4, 0.5) is 0 Å². The lowest BCUT2D eigenvalue weighted by molar-refractivity contribution is -0.142. The smallest absolute Gasteiger partial charge is 0.320 e. The topological polar surface area (TPSA) is 78.9 Å². The average molecular weight is 292 g/mol. The highest BCUT2D eigenvalue weighted by Gasteiger charge is 2.31. The Balaban J connectivity index is 1.86. The third-order valence-corrected chi connectivity index (χ3v) is 3.66. The Labute approximate surface area is 123 Å². The van der Waals surface area contributed by atoms with Crippen LogP contribution in [0, 0.1) is 0 Å². The van der Waals surface area contributed by atoms with Crippen molar-refractivity contribution in [3.63, 3.8) is 0 Å². The van der Waals surface area contributed by atoms with E-state index in [1.165, 1.54) is 0 Å². The molecule has 1 amide bonds. The number of methoxy groups -OCH3 is 1. The van der Waals surface area contributed by atoms with Crippen LogP contribution in [0.5, 0.6) is 5.75 Å². The van der Waals surface area contributed by atoms with Gasteiger partial charge < -0.3 is 15.2 Å². The van der Waals surface area contributed by atoms with Gasteiger partial charge in [-0.25, -0.2) is 0 Å². The number of hydrogen-bond donors (Lipinski definition) is 2. The monoisotopic (exact) mass is 292 g/mol. The molecule has 1 atom stereocenters. The molecule has 1 aromatic carbocycles. The van der Waals surface area contributed by atoms with Crippen molar-refractivity contribution in [3.05, 3.63) is 29.8 Å². The van der Waals surface area contributed by atoms with Crippen LogP contribution in [0.3, 0.4) is 0 Å². The molecule has 0 unspecified atom stereocenters. The number of carboxylic acid groups (broad SMARTS) is 1. The molecule has 0 aromatic heterocycles. The number of amides is 1. The Bertz CT molecular complexity index is 518. The number of benzene rings is 1. The number of rotatable bonds is 6. The maximum atomic E-state index is 12.0. The zero-order chi connectivity index (χ0) is 15.2. The van der Waals surface area contributed by atoms with Crippen molar-refractivity contribution in [1.82, 2.24) is 10.2 Å². The molecule has 1 heterocycles. The normalized spacial score (nSPS) is 18.4. The highest BCUT2D eigenvalue weighted by molar-refractivity contribution is 5.80. The summed E-state index contributed by atoms with van der Waals surface area (Å²) >= 11 is 0. The lowest BCUT2D eigenvalue weighted by atomic mass is 10.2. The van der Waals surface area contributed by atoms with E-state index in [4.69, 9.17) is 9.84 Å². The third kappa shape index (κ3) is 3.95. The van der Waals surface area contributed by atoms with Crippen LogP contribution in [-0.2, 0) is 16.1 Å². The van der Waals surface area contributed by atoms with Gasteiger partial charge in [-0.1, -0.05) is 18.2 Å². The second kappa shape index (κ2) is 7.08. The lowest BCUT2D eigenvalue weighted by Crippen LogP contribution is -2.42. The van der Waals surface area contributed by atoms with Crippen molar-refractivity contribution in [3.8, 4) is 5.75 Å². The van der Waals surface area contributed by atoms with Gasteiger partial charge in [0.25, 0.3) is 0 Å². The van der Waals surface area contributed by atoms with Crippen molar-refractivity contribution in [2.24, 2.45) is 0 Å². The number of hydrogen-bond acceptors (Lipinski definition) is 4. The van der Waals surface area contributed by atoms with Gasteiger partial charge in [0.2, 0.25) is 5.91 Å². The molecule has 0 aliphatic carbocycles. The van der Waals surface area contributed by atoms with Gasteiger partial charge in [-0.2, -0.15) is 0 Å². The molecule has 0 bridgehead atoms. The highest BCUT2D eigenvalue weighted by Crippen LogP contribution is 2.18. The molecule has 0 spiro atoms. The van der Waals surface area contributed by atoms with Gasteiger partial charge in [-0.05, 0) is 25.5 Å². The highest BCUT2D eigenvalue weighted by atomic mass is 16.5. The molecule has 1 aromatic rings.